The number of halogens is 2. The molecule has 0 bridgehead atoms. The van der Waals surface area contributed by atoms with Crippen LogP contribution in [0.15, 0.2) is 84.9 Å². The maximum Gasteiger partial charge on any atom is 0.119 e. The molecule has 0 aromatic heterocycles. The van der Waals surface area contributed by atoms with E-state index in [9.17, 15) is 0 Å². The lowest BCUT2D eigenvalue weighted by Gasteiger charge is -2.26. The molecule has 0 amide bonds. The number of hydrogen-bond donors (Lipinski definition) is 0. The molecule has 0 aliphatic carbocycles. The number of rotatable bonds is 9. The number of nitrogens with zero attached hydrogens (tertiary/aromatic N) is 1. The molecule has 1 unspecified atom stereocenters. The molecule has 0 fully saturated rings. The predicted octanol–water partition coefficient (Wildman–Crippen LogP) is 6.18. The molecule has 0 aliphatic rings. The maximum atomic E-state index is 6.39. The molecule has 0 saturated heterocycles. The van der Waals surface area contributed by atoms with Gasteiger partial charge in [0.2, 0.25) is 0 Å². The fraction of sp³-hybridized carbons (Fsp3) is 0.217. The van der Waals surface area contributed by atoms with E-state index in [4.69, 9.17) is 16.3 Å². The summed E-state index contributed by atoms with van der Waals surface area (Å²) >= 11 is 10.2. The smallest absolute Gasteiger partial charge is 0.119 e. The van der Waals surface area contributed by atoms with E-state index in [1.54, 1.807) is 0 Å². The van der Waals surface area contributed by atoms with Gasteiger partial charge >= 0.3 is 0 Å². The zero-order valence-corrected chi connectivity index (χ0v) is 17.4. The molecule has 0 aliphatic heterocycles. The summed E-state index contributed by atoms with van der Waals surface area (Å²) in [6.45, 7) is 3.12. The summed E-state index contributed by atoms with van der Waals surface area (Å²) in [5.74, 6) is 0.891. The maximum absolute atomic E-state index is 6.39. The third-order valence-electron chi connectivity index (χ3n) is 4.23. The standard InChI is InChI=1S/C23H23BrClNO/c24-21(18-27-22-12-5-2-6-13-22)17-26(15-19-9-3-1-4-10-19)16-20-11-7-8-14-23(20)25/h1-14,21H,15-18H2. The lowest BCUT2D eigenvalue weighted by molar-refractivity contribution is 0.229. The second-order valence-electron chi connectivity index (χ2n) is 6.47. The predicted molar refractivity (Wildman–Crippen MR) is 117 cm³/mol. The zero-order chi connectivity index (χ0) is 18.9. The van der Waals surface area contributed by atoms with Crippen LogP contribution in [0.1, 0.15) is 11.1 Å². The molecule has 2 nitrogen and oxygen atoms in total. The average Bonchev–Trinajstić information content (AvgIpc) is 2.70. The summed E-state index contributed by atoms with van der Waals surface area (Å²) in [7, 11) is 0. The SMILES string of the molecule is Clc1ccccc1CN(Cc1ccccc1)CC(Br)COc1ccccc1. The molecular formula is C23H23BrClNO. The van der Waals surface area contributed by atoms with Crippen LogP contribution < -0.4 is 4.74 Å². The zero-order valence-electron chi connectivity index (χ0n) is 15.1. The molecule has 27 heavy (non-hydrogen) atoms. The Labute approximate surface area is 174 Å². The van der Waals surface area contributed by atoms with Gasteiger partial charge in [0.15, 0.2) is 0 Å². The van der Waals surface area contributed by atoms with Crippen molar-refractivity contribution < 1.29 is 4.74 Å². The van der Waals surface area contributed by atoms with Crippen molar-refractivity contribution in [3.63, 3.8) is 0 Å². The topological polar surface area (TPSA) is 12.5 Å². The molecule has 3 aromatic rings. The minimum absolute atomic E-state index is 0.212. The Morgan fingerprint density at radius 2 is 1.44 bits per heavy atom. The van der Waals surface area contributed by atoms with Crippen LogP contribution in [0.4, 0.5) is 0 Å². The molecule has 3 rings (SSSR count). The van der Waals surface area contributed by atoms with Gasteiger partial charge in [-0.15, -0.1) is 0 Å². The van der Waals surface area contributed by atoms with E-state index in [1.807, 2.05) is 54.6 Å². The monoisotopic (exact) mass is 443 g/mol. The largest absolute Gasteiger partial charge is 0.492 e. The van der Waals surface area contributed by atoms with Crippen LogP contribution in [0.2, 0.25) is 5.02 Å². The number of para-hydroxylation sites is 1. The Hall–Kier alpha value is -1.81. The first-order valence-corrected chi connectivity index (χ1v) is 10.3. The molecule has 0 heterocycles. The first-order chi connectivity index (χ1) is 13.2. The summed E-state index contributed by atoms with van der Waals surface area (Å²) in [6.07, 6.45) is 0. The van der Waals surface area contributed by atoms with Crippen LogP contribution in [0, 0.1) is 0 Å². The minimum Gasteiger partial charge on any atom is -0.492 e. The Balaban J connectivity index is 1.64. The van der Waals surface area contributed by atoms with Crippen LogP contribution in [0.3, 0.4) is 0 Å². The van der Waals surface area contributed by atoms with Crippen molar-refractivity contribution in [2.45, 2.75) is 17.9 Å². The Kier molecular flexibility index (Phi) is 7.76. The number of ether oxygens (including phenoxy) is 1. The van der Waals surface area contributed by atoms with Gasteiger partial charge in [-0.2, -0.15) is 0 Å². The van der Waals surface area contributed by atoms with Crippen molar-refractivity contribution in [3.8, 4) is 5.75 Å². The summed E-state index contributed by atoms with van der Waals surface area (Å²) in [5, 5.41) is 0.808. The van der Waals surface area contributed by atoms with Gasteiger partial charge in [-0.3, -0.25) is 4.90 Å². The molecule has 1 atom stereocenters. The van der Waals surface area contributed by atoms with Crippen molar-refractivity contribution >= 4 is 27.5 Å². The number of benzene rings is 3. The molecule has 140 valence electrons. The van der Waals surface area contributed by atoms with E-state index in [0.717, 1.165) is 36.0 Å². The van der Waals surface area contributed by atoms with Crippen molar-refractivity contribution in [2.75, 3.05) is 13.2 Å². The number of hydrogen-bond acceptors (Lipinski definition) is 2. The van der Waals surface area contributed by atoms with Crippen molar-refractivity contribution in [1.82, 2.24) is 4.90 Å². The molecule has 0 N–H and O–H groups in total. The molecule has 0 spiro atoms. The van der Waals surface area contributed by atoms with Gasteiger partial charge in [0, 0.05) is 24.7 Å². The lowest BCUT2D eigenvalue weighted by Crippen LogP contribution is -2.32. The molecular weight excluding hydrogens is 422 g/mol. The fourth-order valence-electron chi connectivity index (χ4n) is 2.93. The van der Waals surface area contributed by atoms with Crippen molar-refractivity contribution in [2.24, 2.45) is 0 Å². The highest BCUT2D eigenvalue weighted by Crippen LogP contribution is 2.20. The molecule has 0 radical (unpaired) electrons. The fourth-order valence-corrected chi connectivity index (χ4v) is 3.67. The van der Waals surface area contributed by atoms with Crippen LogP contribution in [-0.4, -0.2) is 22.9 Å². The Morgan fingerprint density at radius 3 is 2.15 bits per heavy atom. The van der Waals surface area contributed by atoms with Gasteiger partial charge in [-0.1, -0.05) is 94.3 Å². The summed E-state index contributed by atoms with van der Waals surface area (Å²) in [6, 6.07) is 28.5. The third kappa shape index (κ3) is 6.69. The summed E-state index contributed by atoms with van der Waals surface area (Å²) < 4.78 is 5.89. The van der Waals surface area contributed by atoms with Gasteiger partial charge in [-0.05, 0) is 29.3 Å². The first-order valence-electron chi connectivity index (χ1n) is 9.02. The van der Waals surface area contributed by atoms with Gasteiger partial charge in [0.05, 0.1) is 4.83 Å². The normalized spacial score (nSPS) is 12.1. The lowest BCUT2D eigenvalue weighted by atomic mass is 10.1. The molecule has 0 saturated carbocycles. The van der Waals surface area contributed by atoms with Crippen molar-refractivity contribution in [1.29, 1.82) is 0 Å². The minimum atomic E-state index is 0.212. The highest BCUT2D eigenvalue weighted by Gasteiger charge is 2.15. The number of alkyl halides is 1. The summed E-state index contributed by atoms with van der Waals surface area (Å²) in [5.41, 5.74) is 2.42. The van der Waals surface area contributed by atoms with Gasteiger partial charge in [0.1, 0.15) is 12.4 Å². The van der Waals surface area contributed by atoms with E-state index in [0.29, 0.717) is 6.61 Å². The molecule has 3 aromatic carbocycles. The third-order valence-corrected chi connectivity index (χ3v) is 5.15. The van der Waals surface area contributed by atoms with Gasteiger partial charge in [0.25, 0.3) is 0 Å². The van der Waals surface area contributed by atoms with Gasteiger partial charge in [-0.25, -0.2) is 0 Å². The Bertz CT molecular complexity index is 813. The highest BCUT2D eigenvalue weighted by atomic mass is 79.9. The van der Waals surface area contributed by atoms with Crippen molar-refractivity contribution in [3.05, 3.63) is 101 Å². The average molecular weight is 445 g/mol. The van der Waals surface area contributed by atoms with Gasteiger partial charge < -0.3 is 4.74 Å². The van der Waals surface area contributed by atoms with E-state index < -0.39 is 0 Å². The van der Waals surface area contributed by atoms with Crippen LogP contribution in [0.25, 0.3) is 0 Å². The van der Waals surface area contributed by atoms with Crippen LogP contribution in [0.5, 0.6) is 5.75 Å². The highest BCUT2D eigenvalue weighted by molar-refractivity contribution is 9.09. The quantitative estimate of drug-likeness (QED) is 0.365. The van der Waals surface area contributed by atoms with Crippen LogP contribution in [-0.2, 0) is 13.1 Å². The Morgan fingerprint density at radius 1 is 0.815 bits per heavy atom. The second kappa shape index (κ2) is 10.5. The van der Waals surface area contributed by atoms with E-state index in [2.05, 4.69) is 51.2 Å². The van der Waals surface area contributed by atoms with E-state index in [1.165, 1.54) is 5.56 Å². The second-order valence-corrected chi connectivity index (χ2v) is 8.17. The van der Waals surface area contributed by atoms with Crippen LogP contribution >= 0.6 is 27.5 Å². The molecule has 4 heteroatoms. The van der Waals surface area contributed by atoms with E-state index >= 15 is 0 Å². The summed E-state index contributed by atoms with van der Waals surface area (Å²) in [4.78, 5) is 2.61. The first kappa shape index (κ1) is 19.9. The van der Waals surface area contributed by atoms with E-state index in [-0.39, 0.29) is 4.83 Å².